The molecule has 21 heavy (non-hydrogen) atoms. The number of carbonyl (C=O) groups is 2. The Kier molecular flexibility index (Phi) is 11.5. The first-order valence-corrected chi connectivity index (χ1v) is 9.10. The van der Waals surface area contributed by atoms with Gasteiger partial charge in [0.1, 0.15) is 0 Å². The highest BCUT2D eigenvalue weighted by Gasteiger charge is 2.17. The zero-order chi connectivity index (χ0) is 16.3. The SMILES string of the molecule is CCC(SCCNC(=O)CCCC(C)C)C(=O)NC(C)C. The Balaban J connectivity index is 3.76. The predicted molar refractivity (Wildman–Crippen MR) is 91.5 cm³/mol. The second-order valence-corrected chi connectivity index (χ2v) is 7.38. The first kappa shape index (κ1) is 20.3. The topological polar surface area (TPSA) is 58.2 Å². The van der Waals surface area contributed by atoms with Gasteiger partial charge in [0.05, 0.1) is 5.25 Å². The Morgan fingerprint density at radius 2 is 1.81 bits per heavy atom. The molecule has 0 saturated carbocycles. The minimum absolute atomic E-state index is 0.0229. The fraction of sp³-hybridized carbons (Fsp3) is 0.875. The molecular formula is C16H32N2O2S. The number of carbonyl (C=O) groups excluding carboxylic acids is 2. The summed E-state index contributed by atoms with van der Waals surface area (Å²) >= 11 is 1.62. The van der Waals surface area contributed by atoms with Gasteiger partial charge in [0.25, 0.3) is 0 Å². The standard InChI is InChI=1S/C16H32N2O2S/c1-6-14(16(20)18-13(4)5)21-11-10-17-15(19)9-7-8-12(2)3/h12-14H,6-11H2,1-5H3,(H,17,19)(H,18,20). The highest BCUT2D eigenvalue weighted by Crippen LogP contribution is 2.14. The molecule has 2 N–H and O–H groups in total. The van der Waals surface area contributed by atoms with Crippen LogP contribution in [0.4, 0.5) is 0 Å². The monoisotopic (exact) mass is 316 g/mol. The van der Waals surface area contributed by atoms with Gasteiger partial charge in [-0.15, -0.1) is 11.8 Å². The lowest BCUT2D eigenvalue weighted by molar-refractivity contribution is -0.121. The van der Waals surface area contributed by atoms with Gasteiger partial charge < -0.3 is 10.6 Å². The zero-order valence-corrected chi connectivity index (χ0v) is 15.0. The van der Waals surface area contributed by atoms with Gasteiger partial charge in [0.2, 0.25) is 11.8 Å². The maximum atomic E-state index is 11.9. The number of hydrogen-bond donors (Lipinski definition) is 2. The van der Waals surface area contributed by atoms with Crippen molar-refractivity contribution in [2.75, 3.05) is 12.3 Å². The molecule has 5 heteroatoms. The summed E-state index contributed by atoms with van der Waals surface area (Å²) in [6.07, 6.45) is 3.46. The van der Waals surface area contributed by atoms with Gasteiger partial charge in [-0.05, 0) is 32.6 Å². The number of hydrogen-bond acceptors (Lipinski definition) is 3. The van der Waals surface area contributed by atoms with Crippen molar-refractivity contribution in [3.8, 4) is 0 Å². The fourth-order valence-corrected chi connectivity index (χ4v) is 2.87. The number of amides is 2. The molecule has 0 fully saturated rings. The summed E-state index contributed by atoms with van der Waals surface area (Å²) in [7, 11) is 0. The smallest absolute Gasteiger partial charge is 0.233 e. The molecule has 0 aromatic heterocycles. The maximum absolute atomic E-state index is 11.9. The van der Waals surface area contributed by atoms with Crippen molar-refractivity contribution in [1.29, 1.82) is 0 Å². The van der Waals surface area contributed by atoms with Crippen LogP contribution in [-0.4, -0.2) is 35.4 Å². The summed E-state index contributed by atoms with van der Waals surface area (Å²) in [6.45, 7) is 10.9. The Labute approximate surface area is 134 Å². The Morgan fingerprint density at radius 1 is 1.14 bits per heavy atom. The molecule has 0 aromatic carbocycles. The molecule has 1 unspecified atom stereocenters. The van der Waals surface area contributed by atoms with E-state index < -0.39 is 0 Å². The van der Waals surface area contributed by atoms with Crippen LogP contribution in [0.25, 0.3) is 0 Å². The largest absolute Gasteiger partial charge is 0.355 e. The van der Waals surface area contributed by atoms with Gasteiger partial charge in [-0.1, -0.05) is 27.2 Å². The first-order valence-electron chi connectivity index (χ1n) is 8.05. The van der Waals surface area contributed by atoms with Crippen LogP contribution in [-0.2, 0) is 9.59 Å². The van der Waals surface area contributed by atoms with Crippen LogP contribution in [0.2, 0.25) is 0 Å². The lowest BCUT2D eigenvalue weighted by atomic mass is 10.1. The summed E-state index contributed by atoms with van der Waals surface area (Å²) in [4.78, 5) is 23.5. The lowest BCUT2D eigenvalue weighted by Crippen LogP contribution is -2.37. The summed E-state index contributed by atoms with van der Waals surface area (Å²) in [5.74, 6) is 1.65. The van der Waals surface area contributed by atoms with E-state index in [0.29, 0.717) is 18.9 Å². The molecule has 0 radical (unpaired) electrons. The van der Waals surface area contributed by atoms with E-state index in [2.05, 4.69) is 24.5 Å². The zero-order valence-electron chi connectivity index (χ0n) is 14.2. The van der Waals surface area contributed by atoms with E-state index in [-0.39, 0.29) is 23.1 Å². The van der Waals surface area contributed by atoms with Gasteiger partial charge in [0, 0.05) is 24.8 Å². The van der Waals surface area contributed by atoms with Crippen LogP contribution >= 0.6 is 11.8 Å². The van der Waals surface area contributed by atoms with Crippen LogP contribution in [0.3, 0.4) is 0 Å². The normalized spacial score (nSPS) is 12.5. The van der Waals surface area contributed by atoms with E-state index >= 15 is 0 Å². The van der Waals surface area contributed by atoms with Crippen molar-refractivity contribution in [1.82, 2.24) is 10.6 Å². The second-order valence-electron chi connectivity index (χ2n) is 6.07. The van der Waals surface area contributed by atoms with Gasteiger partial charge >= 0.3 is 0 Å². The summed E-state index contributed by atoms with van der Waals surface area (Å²) in [5.41, 5.74) is 0. The molecule has 124 valence electrons. The van der Waals surface area contributed by atoms with Crippen molar-refractivity contribution in [2.45, 2.75) is 71.6 Å². The fourth-order valence-electron chi connectivity index (χ4n) is 1.91. The van der Waals surface area contributed by atoms with Crippen LogP contribution in [0.15, 0.2) is 0 Å². The Morgan fingerprint density at radius 3 is 2.33 bits per heavy atom. The molecular weight excluding hydrogens is 284 g/mol. The van der Waals surface area contributed by atoms with Crippen LogP contribution < -0.4 is 10.6 Å². The lowest BCUT2D eigenvalue weighted by Gasteiger charge is -2.16. The van der Waals surface area contributed by atoms with Gasteiger partial charge in [-0.3, -0.25) is 9.59 Å². The van der Waals surface area contributed by atoms with Crippen LogP contribution in [0.5, 0.6) is 0 Å². The van der Waals surface area contributed by atoms with E-state index in [1.165, 1.54) is 0 Å². The molecule has 1 atom stereocenters. The molecule has 0 heterocycles. The van der Waals surface area contributed by atoms with Crippen LogP contribution in [0.1, 0.15) is 60.3 Å². The number of thioether (sulfide) groups is 1. The molecule has 0 aliphatic heterocycles. The average molecular weight is 317 g/mol. The van der Waals surface area contributed by atoms with Crippen LogP contribution in [0, 0.1) is 5.92 Å². The van der Waals surface area contributed by atoms with E-state index in [0.717, 1.165) is 25.0 Å². The second kappa shape index (κ2) is 11.9. The molecule has 4 nitrogen and oxygen atoms in total. The number of nitrogens with one attached hydrogen (secondary N) is 2. The summed E-state index contributed by atoms with van der Waals surface area (Å²) in [6, 6.07) is 0.174. The van der Waals surface area contributed by atoms with Gasteiger partial charge in [-0.25, -0.2) is 0 Å². The predicted octanol–water partition coefficient (Wildman–Crippen LogP) is 2.97. The van der Waals surface area contributed by atoms with Gasteiger partial charge in [0.15, 0.2) is 0 Å². The van der Waals surface area contributed by atoms with Crippen molar-refractivity contribution in [2.24, 2.45) is 5.92 Å². The third-order valence-corrected chi connectivity index (χ3v) is 4.41. The van der Waals surface area contributed by atoms with E-state index in [4.69, 9.17) is 0 Å². The highest BCUT2D eigenvalue weighted by molar-refractivity contribution is 8.00. The summed E-state index contributed by atoms with van der Waals surface area (Å²) < 4.78 is 0. The minimum atomic E-state index is -0.0229. The first-order chi connectivity index (χ1) is 9.86. The van der Waals surface area contributed by atoms with E-state index in [1.54, 1.807) is 11.8 Å². The molecule has 0 aliphatic rings. The molecule has 0 saturated heterocycles. The molecule has 2 amide bonds. The Hall–Kier alpha value is -0.710. The van der Waals surface area contributed by atoms with E-state index in [9.17, 15) is 9.59 Å². The Bertz CT molecular complexity index is 307. The van der Waals surface area contributed by atoms with Crippen molar-refractivity contribution in [3.05, 3.63) is 0 Å². The maximum Gasteiger partial charge on any atom is 0.233 e. The number of rotatable bonds is 11. The van der Waals surface area contributed by atoms with Crippen molar-refractivity contribution >= 4 is 23.6 Å². The van der Waals surface area contributed by atoms with Crippen molar-refractivity contribution in [3.63, 3.8) is 0 Å². The molecule has 0 aliphatic carbocycles. The summed E-state index contributed by atoms with van der Waals surface area (Å²) in [5, 5.41) is 5.84. The third kappa shape index (κ3) is 11.6. The molecule has 0 aromatic rings. The quantitative estimate of drug-likeness (QED) is 0.576. The average Bonchev–Trinajstić information content (AvgIpc) is 2.37. The third-order valence-electron chi connectivity index (χ3n) is 3.02. The molecule has 0 spiro atoms. The van der Waals surface area contributed by atoms with E-state index in [1.807, 2.05) is 20.8 Å². The molecule has 0 bridgehead atoms. The minimum Gasteiger partial charge on any atom is -0.355 e. The highest BCUT2D eigenvalue weighted by atomic mass is 32.2. The van der Waals surface area contributed by atoms with Crippen molar-refractivity contribution < 1.29 is 9.59 Å². The molecule has 0 rings (SSSR count). The van der Waals surface area contributed by atoms with Gasteiger partial charge in [-0.2, -0.15) is 0 Å².